The first kappa shape index (κ1) is 16.2. The molecule has 1 aromatic rings. The van der Waals surface area contributed by atoms with Crippen LogP contribution < -0.4 is 5.73 Å². The van der Waals surface area contributed by atoms with Crippen LogP contribution in [0.3, 0.4) is 0 Å². The maximum absolute atomic E-state index is 12.5. The summed E-state index contributed by atoms with van der Waals surface area (Å²) in [7, 11) is -3.58. The van der Waals surface area contributed by atoms with Crippen molar-refractivity contribution in [1.82, 2.24) is 4.31 Å². The van der Waals surface area contributed by atoms with Gasteiger partial charge in [-0.05, 0) is 40.0 Å². The summed E-state index contributed by atoms with van der Waals surface area (Å²) >= 11 is 3.28. The molecule has 0 saturated carbocycles. The van der Waals surface area contributed by atoms with E-state index in [-0.39, 0.29) is 11.4 Å². The molecule has 0 fully saturated rings. The minimum Gasteiger partial charge on any atom is -0.326 e. The minimum atomic E-state index is -3.58. The first-order valence-corrected chi connectivity index (χ1v) is 8.12. The van der Waals surface area contributed by atoms with Gasteiger partial charge >= 0.3 is 0 Å². The van der Waals surface area contributed by atoms with Crippen LogP contribution in [0, 0.1) is 12.3 Å². The fraction of sp³-hybridized carbons (Fsp3) is 0.385. The van der Waals surface area contributed by atoms with Gasteiger partial charge in [0.25, 0.3) is 0 Å². The summed E-state index contributed by atoms with van der Waals surface area (Å²) in [4.78, 5) is 0.216. The van der Waals surface area contributed by atoms with E-state index in [1.54, 1.807) is 18.2 Å². The first-order chi connectivity index (χ1) is 8.97. The SMILES string of the molecule is C#CCN(CCC)S(=O)(=O)c1ccc(CN)cc1Br. The Labute approximate surface area is 123 Å². The van der Waals surface area contributed by atoms with E-state index in [9.17, 15) is 8.42 Å². The van der Waals surface area contributed by atoms with Gasteiger partial charge in [0, 0.05) is 17.6 Å². The van der Waals surface area contributed by atoms with Crippen LogP contribution in [0.4, 0.5) is 0 Å². The molecule has 0 radical (unpaired) electrons. The van der Waals surface area contributed by atoms with Gasteiger partial charge in [0.15, 0.2) is 0 Å². The zero-order valence-corrected chi connectivity index (χ0v) is 13.2. The second-order valence-electron chi connectivity index (χ2n) is 4.01. The van der Waals surface area contributed by atoms with Gasteiger partial charge in [-0.15, -0.1) is 6.42 Å². The Bertz CT molecular complexity index is 579. The maximum Gasteiger partial charge on any atom is 0.245 e. The van der Waals surface area contributed by atoms with Gasteiger partial charge in [-0.3, -0.25) is 0 Å². The molecule has 104 valence electrons. The third-order valence-electron chi connectivity index (χ3n) is 2.59. The number of nitrogens with zero attached hydrogens (tertiary/aromatic N) is 1. The Hall–Kier alpha value is -0.870. The van der Waals surface area contributed by atoms with E-state index in [2.05, 4.69) is 21.9 Å². The highest BCUT2D eigenvalue weighted by atomic mass is 79.9. The van der Waals surface area contributed by atoms with E-state index in [4.69, 9.17) is 12.2 Å². The molecule has 0 aliphatic rings. The maximum atomic E-state index is 12.5. The molecule has 0 unspecified atom stereocenters. The quantitative estimate of drug-likeness (QED) is 0.802. The van der Waals surface area contributed by atoms with Gasteiger partial charge in [-0.25, -0.2) is 8.42 Å². The summed E-state index contributed by atoms with van der Waals surface area (Å²) < 4.78 is 26.8. The van der Waals surface area contributed by atoms with E-state index in [0.29, 0.717) is 24.0 Å². The third kappa shape index (κ3) is 3.80. The Morgan fingerprint density at radius 1 is 1.47 bits per heavy atom. The fourth-order valence-corrected chi connectivity index (χ4v) is 4.19. The smallest absolute Gasteiger partial charge is 0.245 e. The Kier molecular flexibility index (Phi) is 6.01. The normalized spacial score (nSPS) is 11.5. The van der Waals surface area contributed by atoms with E-state index in [1.165, 1.54) is 4.31 Å². The largest absolute Gasteiger partial charge is 0.326 e. The number of hydrogen-bond acceptors (Lipinski definition) is 3. The Morgan fingerprint density at radius 3 is 2.63 bits per heavy atom. The van der Waals surface area contributed by atoms with Crippen molar-refractivity contribution in [2.45, 2.75) is 24.8 Å². The summed E-state index contributed by atoms with van der Waals surface area (Å²) in [6.45, 7) is 2.74. The molecule has 1 rings (SSSR count). The standard InChI is InChI=1S/C13H17BrN2O2S/c1-3-7-16(8-4-2)19(17,18)13-6-5-11(10-15)9-12(13)14/h1,5-6,9H,4,7-8,10,15H2,2H3. The molecule has 19 heavy (non-hydrogen) atoms. The topological polar surface area (TPSA) is 63.4 Å². The second kappa shape index (κ2) is 7.06. The van der Waals surface area contributed by atoms with E-state index in [1.807, 2.05) is 6.92 Å². The summed E-state index contributed by atoms with van der Waals surface area (Å²) in [5.41, 5.74) is 6.39. The average molecular weight is 345 g/mol. The summed E-state index contributed by atoms with van der Waals surface area (Å²) in [5, 5.41) is 0. The highest BCUT2D eigenvalue weighted by Gasteiger charge is 2.25. The van der Waals surface area contributed by atoms with Gasteiger partial charge in [0.2, 0.25) is 10.0 Å². The fourth-order valence-electron chi connectivity index (χ4n) is 1.66. The van der Waals surface area contributed by atoms with E-state index >= 15 is 0 Å². The molecule has 0 spiro atoms. The number of hydrogen-bond donors (Lipinski definition) is 1. The molecule has 0 amide bonds. The van der Waals surface area contributed by atoms with E-state index in [0.717, 1.165) is 5.56 Å². The van der Waals surface area contributed by atoms with Crippen molar-refractivity contribution in [3.05, 3.63) is 28.2 Å². The highest BCUT2D eigenvalue weighted by Crippen LogP contribution is 2.26. The predicted octanol–water partition coefficient (Wildman–Crippen LogP) is 1.94. The summed E-state index contributed by atoms with van der Waals surface area (Å²) in [6, 6.07) is 4.98. The van der Waals surface area contributed by atoms with Gasteiger partial charge < -0.3 is 5.73 Å². The Morgan fingerprint density at radius 2 is 2.16 bits per heavy atom. The molecule has 6 heteroatoms. The van der Waals surface area contributed by atoms with Crippen LogP contribution in [-0.4, -0.2) is 25.8 Å². The number of rotatable bonds is 6. The van der Waals surface area contributed by atoms with Gasteiger partial charge in [-0.1, -0.05) is 18.9 Å². The molecule has 0 heterocycles. The van der Waals surface area contributed by atoms with Crippen molar-refractivity contribution in [1.29, 1.82) is 0 Å². The van der Waals surface area contributed by atoms with Crippen molar-refractivity contribution in [2.24, 2.45) is 5.73 Å². The van der Waals surface area contributed by atoms with Crippen LogP contribution in [0.5, 0.6) is 0 Å². The number of halogens is 1. The zero-order valence-electron chi connectivity index (χ0n) is 10.8. The predicted molar refractivity (Wildman–Crippen MR) is 79.9 cm³/mol. The third-order valence-corrected chi connectivity index (χ3v) is 5.41. The van der Waals surface area contributed by atoms with Crippen LogP contribution in [0.15, 0.2) is 27.6 Å². The molecule has 2 N–H and O–H groups in total. The van der Waals surface area contributed by atoms with Crippen LogP contribution >= 0.6 is 15.9 Å². The lowest BCUT2D eigenvalue weighted by Crippen LogP contribution is -2.32. The second-order valence-corrected chi connectivity index (χ2v) is 6.77. The van der Waals surface area contributed by atoms with Crippen LogP contribution in [-0.2, 0) is 16.6 Å². The molecule has 0 aliphatic heterocycles. The number of terminal acetylenes is 1. The van der Waals surface area contributed by atoms with Crippen LogP contribution in [0.2, 0.25) is 0 Å². The van der Waals surface area contributed by atoms with Crippen molar-refractivity contribution in [3.63, 3.8) is 0 Å². The first-order valence-electron chi connectivity index (χ1n) is 5.89. The van der Waals surface area contributed by atoms with Gasteiger partial charge in [0.1, 0.15) is 0 Å². The lowest BCUT2D eigenvalue weighted by molar-refractivity contribution is 0.445. The lowest BCUT2D eigenvalue weighted by atomic mass is 10.2. The average Bonchev–Trinajstić information content (AvgIpc) is 2.38. The van der Waals surface area contributed by atoms with Gasteiger partial charge in [-0.2, -0.15) is 4.31 Å². The lowest BCUT2D eigenvalue weighted by Gasteiger charge is -2.20. The summed E-state index contributed by atoms with van der Waals surface area (Å²) in [6.07, 6.45) is 5.94. The molecular formula is C13H17BrN2O2S. The molecule has 0 atom stereocenters. The molecule has 1 aromatic carbocycles. The molecule has 4 nitrogen and oxygen atoms in total. The number of nitrogens with two attached hydrogens (primary N) is 1. The monoisotopic (exact) mass is 344 g/mol. The minimum absolute atomic E-state index is 0.0707. The van der Waals surface area contributed by atoms with Crippen LogP contribution in [0.25, 0.3) is 0 Å². The molecule has 0 saturated heterocycles. The number of benzene rings is 1. The molecular weight excluding hydrogens is 328 g/mol. The van der Waals surface area contributed by atoms with Gasteiger partial charge in [0.05, 0.1) is 11.4 Å². The Balaban J connectivity index is 3.22. The highest BCUT2D eigenvalue weighted by molar-refractivity contribution is 9.10. The van der Waals surface area contributed by atoms with Crippen molar-refractivity contribution in [3.8, 4) is 12.3 Å². The molecule has 0 bridgehead atoms. The van der Waals surface area contributed by atoms with Crippen LogP contribution in [0.1, 0.15) is 18.9 Å². The zero-order chi connectivity index (χ0) is 14.5. The van der Waals surface area contributed by atoms with E-state index < -0.39 is 10.0 Å². The summed E-state index contributed by atoms with van der Waals surface area (Å²) in [5.74, 6) is 2.38. The van der Waals surface area contributed by atoms with Crippen molar-refractivity contribution >= 4 is 26.0 Å². The number of sulfonamides is 1. The van der Waals surface area contributed by atoms with Crippen molar-refractivity contribution < 1.29 is 8.42 Å². The molecule has 0 aliphatic carbocycles. The molecule has 0 aromatic heterocycles. The van der Waals surface area contributed by atoms with Crippen molar-refractivity contribution in [2.75, 3.05) is 13.1 Å².